The molecule has 0 bridgehead atoms. The average Bonchev–Trinajstić information content (AvgIpc) is 3.26. The molecule has 0 spiro atoms. The van der Waals surface area contributed by atoms with E-state index in [0.717, 1.165) is 60.1 Å². The monoisotopic (exact) mass is 358 g/mol. The largest absolute Gasteiger partial charge is 0.355 e. The molecule has 5 nitrogen and oxygen atoms in total. The first kappa shape index (κ1) is 16.4. The minimum atomic E-state index is -0.194. The number of aryl methyl sites for hydroxylation is 1. The number of likely N-dealkylation sites (tertiary alicyclic amines) is 1. The molecule has 3 heterocycles. The highest BCUT2D eigenvalue weighted by Crippen LogP contribution is 2.35. The standard InChI is InChI=1S/C18H19FN4OS/c1-12-9-16(24-21-12)18-17(20-22-25-18)14-3-2-8-23(11-14)10-13-4-6-15(19)7-5-13/h4-7,9,14H,2-3,8,10-11H2,1H3. The van der Waals surface area contributed by atoms with E-state index in [1.807, 2.05) is 25.1 Å². The molecule has 1 aromatic carbocycles. The van der Waals surface area contributed by atoms with Crippen molar-refractivity contribution in [2.45, 2.75) is 32.2 Å². The lowest BCUT2D eigenvalue weighted by Gasteiger charge is -2.32. The maximum atomic E-state index is 13.1. The number of piperidine rings is 1. The Morgan fingerprint density at radius 2 is 2.16 bits per heavy atom. The van der Waals surface area contributed by atoms with Crippen molar-refractivity contribution in [3.63, 3.8) is 0 Å². The maximum absolute atomic E-state index is 13.1. The molecule has 1 saturated heterocycles. The van der Waals surface area contributed by atoms with Gasteiger partial charge in [-0.25, -0.2) is 4.39 Å². The predicted molar refractivity (Wildman–Crippen MR) is 93.8 cm³/mol. The zero-order chi connectivity index (χ0) is 17.2. The molecule has 1 unspecified atom stereocenters. The fourth-order valence-electron chi connectivity index (χ4n) is 3.38. The van der Waals surface area contributed by atoms with Crippen molar-refractivity contribution in [1.29, 1.82) is 0 Å². The Morgan fingerprint density at radius 3 is 2.92 bits per heavy atom. The summed E-state index contributed by atoms with van der Waals surface area (Å²) >= 11 is 1.36. The van der Waals surface area contributed by atoms with Crippen LogP contribution in [0.1, 0.15) is 35.7 Å². The molecular formula is C18H19FN4OS. The highest BCUT2D eigenvalue weighted by atomic mass is 32.1. The predicted octanol–water partition coefficient (Wildman–Crippen LogP) is 4.02. The highest BCUT2D eigenvalue weighted by molar-refractivity contribution is 7.09. The lowest BCUT2D eigenvalue weighted by atomic mass is 9.93. The van der Waals surface area contributed by atoms with Crippen LogP contribution in [0.15, 0.2) is 34.9 Å². The number of aromatic nitrogens is 3. The van der Waals surface area contributed by atoms with Gasteiger partial charge in [-0.2, -0.15) is 0 Å². The Kier molecular flexibility index (Phi) is 4.59. The van der Waals surface area contributed by atoms with E-state index in [1.54, 1.807) is 0 Å². The second kappa shape index (κ2) is 7.01. The van der Waals surface area contributed by atoms with Crippen LogP contribution in [-0.4, -0.2) is 32.7 Å². The molecule has 1 atom stereocenters. The molecule has 4 rings (SSSR count). The number of rotatable bonds is 4. The SMILES string of the molecule is Cc1cc(-c2snnc2C2CCCN(Cc3ccc(F)cc3)C2)on1. The molecule has 7 heteroatoms. The van der Waals surface area contributed by atoms with Crippen LogP contribution in [0.25, 0.3) is 10.6 Å². The normalized spacial score (nSPS) is 18.6. The first-order valence-corrected chi connectivity index (χ1v) is 9.19. The van der Waals surface area contributed by atoms with Gasteiger partial charge < -0.3 is 4.52 Å². The van der Waals surface area contributed by atoms with Gasteiger partial charge in [-0.05, 0) is 55.5 Å². The lowest BCUT2D eigenvalue weighted by Crippen LogP contribution is -2.34. The van der Waals surface area contributed by atoms with Gasteiger partial charge in [-0.15, -0.1) is 5.10 Å². The minimum absolute atomic E-state index is 0.194. The molecule has 0 aliphatic carbocycles. The third-order valence-corrected chi connectivity index (χ3v) is 5.33. The van der Waals surface area contributed by atoms with Gasteiger partial charge in [0.2, 0.25) is 0 Å². The lowest BCUT2D eigenvalue weighted by molar-refractivity contribution is 0.198. The number of halogens is 1. The van der Waals surface area contributed by atoms with E-state index < -0.39 is 0 Å². The third-order valence-electron chi connectivity index (χ3n) is 4.58. The molecule has 25 heavy (non-hydrogen) atoms. The number of hydrogen-bond acceptors (Lipinski definition) is 6. The van der Waals surface area contributed by atoms with Crippen LogP contribution >= 0.6 is 11.5 Å². The van der Waals surface area contributed by atoms with E-state index in [0.29, 0.717) is 5.92 Å². The van der Waals surface area contributed by atoms with Crippen molar-refractivity contribution in [2.24, 2.45) is 0 Å². The van der Waals surface area contributed by atoms with E-state index >= 15 is 0 Å². The van der Waals surface area contributed by atoms with Crippen LogP contribution in [0, 0.1) is 12.7 Å². The Morgan fingerprint density at radius 1 is 1.32 bits per heavy atom. The summed E-state index contributed by atoms with van der Waals surface area (Å²) in [5, 5.41) is 8.35. The number of hydrogen-bond donors (Lipinski definition) is 0. The fraction of sp³-hybridized carbons (Fsp3) is 0.389. The Labute approximate surface area is 149 Å². The van der Waals surface area contributed by atoms with Gasteiger partial charge in [0.25, 0.3) is 0 Å². The summed E-state index contributed by atoms with van der Waals surface area (Å²) in [5.74, 6) is 0.882. The van der Waals surface area contributed by atoms with Crippen molar-refractivity contribution < 1.29 is 8.91 Å². The maximum Gasteiger partial charge on any atom is 0.180 e. The van der Waals surface area contributed by atoms with E-state index in [9.17, 15) is 4.39 Å². The molecule has 1 aliphatic rings. The summed E-state index contributed by atoms with van der Waals surface area (Å²) in [6.45, 7) is 4.70. The third kappa shape index (κ3) is 3.62. The summed E-state index contributed by atoms with van der Waals surface area (Å²) in [5.41, 5.74) is 2.99. The van der Waals surface area contributed by atoms with E-state index in [4.69, 9.17) is 4.52 Å². The second-order valence-corrected chi connectivity index (χ2v) is 7.27. The first-order chi connectivity index (χ1) is 12.2. The van der Waals surface area contributed by atoms with Crippen molar-refractivity contribution in [3.8, 4) is 10.6 Å². The number of benzene rings is 1. The molecule has 0 amide bonds. The van der Waals surface area contributed by atoms with Crippen molar-refractivity contribution >= 4 is 11.5 Å². The summed E-state index contributed by atoms with van der Waals surface area (Å²) in [7, 11) is 0. The first-order valence-electron chi connectivity index (χ1n) is 8.42. The summed E-state index contributed by atoms with van der Waals surface area (Å²) in [6.07, 6.45) is 2.20. The highest BCUT2D eigenvalue weighted by Gasteiger charge is 2.27. The van der Waals surface area contributed by atoms with Crippen molar-refractivity contribution in [1.82, 2.24) is 19.6 Å². The van der Waals surface area contributed by atoms with Gasteiger partial charge in [0, 0.05) is 25.1 Å². The molecule has 130 valence electrons. The minimum Gasteiger partial charge on any atom is -0.355 e. The van der Waals surface area contributed by atoms with Gasteiger partial charge in [0.1, 0.15) is 10.7 Å². The van der Waals surface area contributed by atoms with Crippen LogP contribution in [0.4, 0.5) is 4.39 Å². The van der Waals surface area contributed by atoms with Gasteiger partial charge in [-0.1, -0.05) is 21.8 Å². The molecule has 1 aliphatic heterocycles. The topological polar surface area (TPSA) is 55.1 Å². The van der Waals surface area contributed by atoms with Gasteiger partial charge in [-0.3, -0.25) is 4.90 Å². The van der Waals surface area contributed by atoms with E-state index in [-0.39, 0.29) is 5.82 Å². The van der Waals surface area contributed by atoms with Crippen molar-refractivity contribution in [3.05, 3.63) is 53.1 Å². The quantitative estimate of drug-likeness (QED) is 0.705. The molecule has 0 N–H and O–H groups in total. The summed E-state index contributed by atoms with van der Waals surface area (Å²) < 4.78 is 22.6. The molecule has 3 aromatic rings. The van der Waals surface area contributed by atoms with Crippen LogP contribution in [0.3, 0.4) is 0 Å². The van der Waals surface area contributed by atoms with Crippen molar-refractivity contribution in [2.75, 3.05) is 13.1 Å². The average molecular weight is 358 g/mol. The van der Waals surface area contributed by atoms with E-state index in [2.05, 4.69) is 19.6 Å². The Hall–Kier alpha value is -2.12. The second-order valence-electron chi connectivity index (χ2n) is 6.52. The molecule has 2 aromatic heterocycles. The summed E-state index contributed by atoms with van der Waals surface area (Å²) in [6, 6.07) is 8.67. The van der Waals surface area contributed by atoms with Gasteiger partial charge in [0.15, 0.2) is 5.76 Å². The zero-order valence-corrected chi connectivity index (χ0v) is 14.8. The van der Waals surface area contributed by atoms with Crippen LogP contribution in [0.5, 0.6) is 0 Å². The van der Waals surface area contributed by atoms with Crippen LogP contribution < -0.4 is 0 Å². The van der Waals surface area contributed by atoms with Crippen LogP contribution in [-0.2, 0) is 6.54 Å². The molecular weight excluding hydrogens is 339 g/mol. The van der Waals surface area contributed by atoms with Crippen LogP contribution in [0.2, 0.25) is 0 Å². The smallest absolute Gasteiger partial charge is 0.180 e. The molecule has 0 radical (unpaired) electrons. The Balaban J connectivity index is 1.50. The van der Waals surface area contributed by atoms with Gasteiger partial charge >= 0.3 is 0 Å². The Bertz CT molecular complexity index is 845. The zero-order valence-electron chi connectivity index (χ0n) is 14.0. The molecule has 0 saturated carbocycles. The summed E-state index contributed by atoms with van der Waals surface area (Å²) in [4.78, 5) is 3.38. The van der Waals surface area contributed by atoms with Gasteiger partial charge in [0.05, 0.1) is 11.4 Å². The molecule has 1 fully saturated rings. The van der Waals surface area contributed by atoms with E-state index in [1.165, 1.54) is 23.7 Å². The number of nitrogens with zero attached hydrogens (tertiary/aromatic N) is 4. The fourth-order valence-corrected chi connectivity index (χ4v) is 4.07.